The van der Waals surface area contributed by atoms with Crippen LogP contribution in [0.1, 0.15) is 17.3 Å². The number of benzene rings is 3. The maximum absolute atomic E-state index is 13.4. The fourth-order valence-electron chi connectivity index (χ4n) is 3.40. The van der Waals surface area contributed by atoms with E-state index in [0.29, 0.717) is 34.6 Å². The molecule has 4 rings (SSSR count). The van der Waals surface area contributed by atoms with Crippen molar-refractivity contribution in [3.63, 3.8) is 0 Å². The Kier molecular flexibility index (Phi) is 5.22. The van der Waals surface area contributed by atoms with Crippen molar-refractivity contribution < 1.29 is 14.6 Å². The lowest BCUT2D eigenvalue weighted by atomic mass is 10.1. The molecule has 0 bridgehead atoms. The zero-order valence-corrected chi connectivity index (χ0v) is 16.3. The van der Waals surface area contributed by atoms with E-state index in [4.69, 9.17) is 4.74 Å². The van der Waals surface area contributed by atoms with Crippen molar-refractivity contribution in [2.45, 2.75) is 6.92 Å². The lowest BCUT2D eigenvalue weighted by Crippen LogP contribution is -2.29. The molecule has 1 aromatic heterocycles. The number of pyridine rings is 1. The molecule has 150 valence electrons. The summed E-state index contributed by atoms with van der Waals surface area (Å²) in [5.74, 6) is -0.578. The number of nitrogens with one attached hydrogen (secondary N) is 1. The first-order valence-electron chi connectivity index (χ1n) is 9.57. The fourth-order valence-corrected chi connectivity index (χ4v) is 3.40. The van der Waals surface area contributed by atoms with Gasteiger partial charge in [0, 0.05) is 11.1 Å². The van der Waals surface area contributed by atoms with Gasteiger partial charge < -0.3 is 15.2 Å². The molecule has 1 amide bonds. The molecule has 0 saturated carbocycles. The second kappa shape index (κ2) is 8.13. The van der Waals surface area contributed by atoms with E-state index in [1.165, 1.54) is 4.57 Å². The van der Waals surface area contributed by atoms with Crippen molar-refractivity contribution in [2.75, 3.05) is 11.9 Å². The van der Waals surface area contributed by atoms with Crippen molar-refractivity contribution in [3.8, 4) is 17.2 Å². The summed E-state index contributed by atoms with van der Waals surface area (Å²) in [6.07, 6.45) is 0. The van der Waals surface area contributed by atoms with Gasteiger partial charge in [0.1, 0.15) is 17.1 Å². The lowest BCUT2D eigenvalue weighted by Gasteiger charge is -2.16. The van der Waals surface area contributed by atoms with Gasteiger partial charge in [0.15, 0.2) is 0 Å². The van der Waals surface area contributed by atoms with Crippen molar-refractivity contribution in [2.24, 2.45) is 0 Å². The Morgan fingerprint density at radius 3 is 2.40 bits per heavy atom. The molecule has 0 aliphatic rings. The van der Waals surface area contributed by atoms with Crippen LogP contribution in [0.5, 0.6) is 11.5 Å². The van der Waals surface area contributed by atoms with Crippen LogP contribution < -0.4 is 15.6 Å². The molecule has 0 saturated heterocycles. The maximum Gasteiger partial charge on any atom is 0.272 e. The third kappa shape index (κ3) is 3.39. The Bertz CT molecular complexity index is 1280. The molecule has 0 spiro atoms. The van der Waals surface area contributed by atoms with Crippen LogP contribution in [0.4, 0.5) is 5.69 Å². The number of carbonyl (C=O) groups is 1. The van der Waals surface area contributed by atoms with Crippen molar-refractivity contribution >= 4 is 22.5 Å². The number of hydrogen-bond donors (Lipinski definition) is 2. The standard InChI is InChI=1S/C24H20N2O4/c1-2-30-20-15-9-7-13-18(20)25-23(28)21-22(27)17-12-6-8-14-19(17)26(24(21)29)16-10-4-3-5-11-16/h3-15,27H,2H2,1H3,(H,25,28). The second-order valence-electron chi connectivity index (χ2n) is 6.60. The highest BCUT2D eigenvalue weighted by Crippen LogP contribution is 2.30. The smallest absolute Gasteiger partial charge is 0.272 e. The predicted octanol–water partition coefficient (Wildman–Crippen LogP) is 4.35. The molecule has 4 aromatic rings. The van der Waals surface area contributed by atoms with Crippen LogP contribution in [0, 0.1) is 0 Å². The van der Waals surface area contributed by atoms with Gasteiger partial charge >= 0.3 is 0 Å². The Hall–Kier alpha value is -4.06. The fraction of sp³-hybridized carbons (Fsp3) is 0.0833. The number of hydrogen-bond acceptors (Lipinski definition) is 4. The molecule has 0 atom stereocenters. The van der Waals surface area contributed by atoms with Crippen LogP contribution in [0.15, 0.2) is 83.7 Å². The Morgan fingerprint density at radius 1 is 0.967 bits per heavy atom. The zero-order valence-electron chi connectivity index (χ0n) is 16.3. The van der Waals surface area contributed by atoms with Crippen LogP contribution in [-0.4, -0.2) is 22.2 Å². The van der Waals surface area contributed by atoms with Gasteiger partial charge in [-0.3, -0.25) is 14.2 Å². The van der Waals surface area contributed by atoms with Crippen LogP contribution in [0.25, 0.3) is 16.6 Å². The Morgan fingerprint density at radius 2 is 1.63 bits per heavy atom. The number of aromatic hydroxyl groups is 1. The maximum atomic E-state index is 13.4. The van der Waals surface area contributed by atoms with Crippen LogP contribution in [0.3, 0.4) is 0 Å². The molecule has 0 unspecified atom stereocenters. The number of nitrogens with zero attached hydrogens (tertiary/aromatic N) is 1. The minimum atomic E-state index is -0.708. The van der Waals surface area contributed by atoms with Gasteiger partial charge in [-0.15, -0.1) is 0 Å². The topological polar surface area (TPSA) is 80.6 Å². The average Bonchev–Trinajstić information content (AvgIpc) is 2.76. The van der Waals surface area contributed by atoms with Gasteiger partial charge in [-0.05, 0) is 43.3 Å². The van der Waals surface area contributed by atoms with Gasteiger partial charge in [-0.25, -0.2) is 0 Å². The third-order valence-electron chi connectivity index (χ3n) is 4.73. The molecule has 6 nitrogen and oxygen atoms in total. The van der Waals surface area contributed by atoms with Crippen LogP contribution >= 0.6 is 0 Å². The Labute approximate surface area is 173 Å². The number of ether oxygens (including phenoxy) is 1. The van der Waals surface area contributed by atoms with Gasteiger partial charge in [-0.2, -0.15) is 0 Å². The van der Waals surface area contributed by atoms with Gasteiger partial charge in [0.25, 0.3) is 11.5 Å². The number of fused-ring (bicyclic) bond motifs is 1. The van der Waals surface area contributed by atoms with Crippen LogP contribution in [0.2, 0.25) is 0 Å². The highest BCUT2D eigenvalue weighted by molar-refractivity contribution is 6.09. The van der Waals surface area contributed by atoms with Crippen molar-refractivity contribution in [1.29, 1.82) is 0 Å². The second-order valence-corrected chi connectivity index (χ2v) is 6.60. The van der Waals surface area contributed by atoms with E-state index in [-0.39, 0.29) is 11.3 Å². The monoisotopic (exact) mass is 400 g/mol. The minimum Gasteiger partial charge on any atom is -0.506 e. The summed E-state index contributed by atoms with van der Waals surface area (Å²) in [6.45, 7) is 2.27. The number of amides is 1. The molecule has 3 aromatic carbocycles. The van der Waals surface area contributed by atoms with E-state index in [0.717, 1.165) is 0 Å². The van der Waals surface area contributed by atoms with Gasteiger partial charge in [0.05, 0.1) is 17.8 Å². The summed E-state index contributed by atoms with van der Waals surface area (Å²) in [4.78, 5) is 26.5. The molecule has 6 heteroatoms. The molecule has 30 heavy (non-hydrogen) atoms. The number of aromatic nitrogens is 1. The lowest BCUT2D eigenvalue weighted by molar-refractivity contribution is 0.102. The average molecular weight is 400 g/mol. The number of anilines is 1. The highest BCUT2D eigenvalue weighted by Gasteiger charge is 2.23. The van der Waals surface area contributed by atoms with Crippen molar-refractivity contribution in [3.05, 3.63) is 94.8 Å². The van der Waals surface area contributed by atoms with E-state index in [1.807, 2.05) is 25.1 Å². The molecule has 2 N–H and O–H groups in total. The van der Waals surface area contributed by atoms with E-state index in [1.54, 1.807) is 60.7 Å². The summed E-state index contributed by atoms with van der Waals surface area (Å²) in [7, 11) is 0. The third-order valence-corrected chi connectivity index (χ3v) is 4.73. The first-order chi connectivity index (χ1) is 14.6. The van der Waals surface area contributed by atoms with E-state index in [2.05, 4.69) is 5.32 Å². The molecule has 0 aliphatic carbocycles. The molecule has 0 fully saturated rings. The minimum absolute atomic E-state index is 0.330. The molecular formula is C24H20N2O4. The first-order valence-corrected chi connectivity index (χ1v) is 9.57. The van der Waals surface area contributed by atoms with Crippen LogP contribution in [-0.2, 0) is 0 Å². The summed E-state index contributed by atoms with van der Waals surface area (Å²) in [5, 5.41) is 13.9. The quantitative estimate of drug-likeness (QED) is 0.522. The number of rotatable bonds is 5. The van der Waals surface area contributed by atoms with E-state index < -0.39 is 11.5 Å². The summed E-state index contributed by atoms with van der Waals surface area (Å²) in [6, 6.07) is 22.9. The molecule has 0 aliphatic heterocycles. The van der Waals surface area contributed by atoms with E-state index >= 15 is 0 Å². The van der Waals surface area contributed by atoms with Gasteiger partial charge in [0.2, 0.25) is 0 Å². The summed E-state index contributed by atoms with van der Waals surface area (Å²) >= 11 is 0. The van der Waals surface area contributed by atoms with Gasteiger partial charge in [-0.1, -0.05) is 42.5 Å². The highest BCUT2D eigenvalue weighted by atomic mass is 16.5. The predicted molar refractivity (Wildman–Crippen MR) is 117 cm³/mol. The number of carbonyl (C=O) groups excluding carboxylic acids is 1. The SMILES string of the molecule is CCOc1ccccc1NC(=O)c1c(O)c2ccccc2n(-c2ccccc2)c1=O. The van der Waals surface area contributed by atoms with E-state index in [9.17, 15) is 14.7 Å². The molecule has 1 heterocycles. The normalized spacial score (nSPS) is 10.7. The van der Waals surface area contributed by atoms with Crippen molar-refractivity contribution in [1.82, 2.24) is 4.57 Å². The molecular weight excluding hydrogens is 380 g/mol. The Balaban J connectivity index is 1.90. The first kappa shape index (κ1) is 19.3. The zero-order chi connectivity index (χ0) is 21.1. The summed E-state index contributed by atoms with van der Waals surface area (Å²) in [5.41, 5.74) is 0.593. The molecule has 0 radical (unpaired) electrons. The largest absolute Gasteiger partial charge is 0.506 e. The summed E-state index contributed by atoms with van der Waals surface area (Å²) < 4.78 is 6.97. The number of para-hydroxylation sites is 4.